The van der Waals surface area contributed by atoms with Gasteiger partial charge in [-0.2, -0.15) is 0 Å². The third-order valence-electron chi connectivity index (χ3n) is 2.72. The highest BCUT2D eigenvalue weighted by atomic mass is 19.1. The van der Waals surface area contributed by atoms with Crippen LogP contribution in [0.15, 0.2) is 18.2 Å². The number of carbonyl (C=O) groups excluding carboxylic acids is 1. The molecule has 0 aliphatic rings. The van der Waals surface area contributed by atoms with Crippen molar-refractivity contribution in [2.45, 2.75) is 19.8 Å². The van der Waals surface area contributed by atoms with E-state index in [-0.39, 0.29) is 12.1 Å². The molecular formula is C16H21FN2O2. The summed E-state index contributed by atoms with van der Waals surface area (Å²) in [4.78, 5) is 11.9. The maximum Gasteiger partial charge on any atom is 0.254 e. The van der Waals surface area contributed by atoms with E-state index in [1.54, 1.807) is 0 Å². The number of rotatable bonds is 7. The molecule has 1 rings (SSSR count). The van der Waals surface area contributed by atoms with Crippen molar-refractivity contribution in [1.82, 2.24) is 5.32 Å². The summed E-state index contributed by atoms with van der Waals surface area (Å²) < 4.78 is 19.0. The van der Waals surface area contributed by atoms with Crippen LogP contribution in [0.4, 0.5) is 4.39 Å². The molecule has 3 N–H and O–H groups in total. The van der Waals surface area contributed by atoms with Gasteiger partial charge >= 0.3 is 0 Å². The van der Waals surface area contributed by atoms with Gasteiger partial charge in [0, 0.05) is 18.7 Å². The Bertz CT molecular complexity index is 521. The highest BCUT2D eigenvalue weighted by molar-refractivity contribution is 5.94. The van der Waals surface area contributed by atoms with Gasteiger partial charge in [-0.1, -0.05) is 25.2 Å². The molecule has 1 amide bonds. The van der Waals surface area contributed by atoms with Crippen LogP contribution in [0, 0.1) is 17.7 Å². The number of hydrogen-bond acceptors (Lipinski definition) is 3. The monoisotopic (exact) mass is 292 g/mol. The van der Waals surface area contributed by atoms with Crippen LogP contribution in [0.1, 0.15) is 35.7 Å². The third kappa shape index (κ3) is 6.39. The second-order valence-corrected chi connectivity index (χ2v) is 4.42. The van der Waals surface area contributed by atoms with Crippen molar-refractivity contribution < 1.29 is 13.9 Å². The smallest absolute Gasteiger partial charge is 0.254 e. The van der Waals surface area contributed by atoms with E-state index >= 15 is 0 Å². The summed E-state index contributed by atoms with van der Waals surface area (Å²) in [5, 5.41) is 2.62. The number of unbranched alkanes of at least 4 members (excludes halogenated alkanes) is 1. The summed E-state index contributed by atoms with van der Waals surface area (Å²) in [6.07, 6.45) is 2.05. The molecule has 114 valence electrons. The number of nitrogens with two attached hydrogens (primary N) is 1. The van der Waals surface area contributed by atoms with Gasteiger partial charge in [-0.25, -0.2) is 4.39 Å². The van der Waals surface area contributed by atoms with Gasteiger partial charge in [0.15, 0.2) is 0 Å². The lowest BCUT2D eigenvalue weighted by Crippen LogP contribution is -2.28. The van der Waals surface area contributed by atoms with Crippen molar-refractivity contribution >= 4 is 5.91 Å². The average Bonchev–Trinajstić information content (AvgIpc) is 2.49. The Labute approximate surface area is 124 Å². The first-order chi connectivity index (χ1) is 10.2. The van der Waals surface area contributed by atoms with Gasteiger partial charge < -0.3 is 15.8 Å². The first-order valence-electron chi connectivity index (χ1n) is 7.03. The number of nitrogens with one attached hydrogen (secondary N) is 1. The largest absolute Gasteiger partial charge is 0.380 e. The van der Waals surface area contributed by atoms with E-state index in [1.807, 2.05) is 0 Å². The van der Waals surface area contributed by atoms with Crippen LogP contribution in [-0.4, -0.2) is 32.2 Å². The van der Waals surface area contributed by atoms with Crippen molar-refractivity contribution in [1.29, 1.82) is 0 Å². The molecule has 0 aliphatic carbocycles. The minimum atomic E-state index is -0.572. The topological polar surface area (TPSA) is 64.3 Å². The quantitative estimate of drug-likeness (QED) is 0.593. The Morgan fingerprint density at radius 2 is 2.24 bits per heavy atom. The summed E-state index contributed by atoms with van der Waals surface area (Å²) in [5.41, 5.74) is 5.82. The molecule has 0 saturated heterocycles. The van der Waals surface area contributed by atoms with Crippen molar-refractivity contribution in [2.75, 3.05) is 26.3 Å². The minimum absolute atomic E-state index is 0.0209. The summed E-state index contributed by atoms with van der Waals surface area (Å²) in [6, 6.07) is 4.17. The second-order valence-electron chi connectivity index (χ2n) is 4.42. The first kappa shape index (κ1) is 17.2. The highest BCUT2D eigenvalue weighted by Gasteiger charge is 2.11. The molecule has 4 nitrogen and oxygen atoms in total. The molecule has 0 aromatic heterocycles. The lowest BCUT2D eigenvalue weighted by Gasteiger charge is -2.07. The zero-order valence-corrected chi connectivity index (χ0v) is 12.2. The molecule has 21 heavy (non-hydrogen) atoms. The van der Waals surface area contributed by atoms with Crippen molar-refractivity contribution in [3.8, 4) is 11.8 Å². The van der Waals surface area contributed by atoms with Gasteiger partial charge in [0.1, 0.15) is 5.82 Å². The molecule has 0 aliphatic heterocycles. The van der Waals surface area contributed by atoms with E-state index in [9.17, 15) is 9.18 Å². The Kier molecular flexibility index (Phi) is 8.10. The molecule has 0 bridgehead atoms. The maximum atomic E-state index is 13.7. The number of hydrogen-bond donors (Lipinski definition) is 2. The number of ether oxygens (including phenoxy) is 1. The summed E-state index contributed by atoms with van der Waals surface area (Å²) in [7, 11) is 0. The van der Waals surface area contributed by atoms with Crippen LogP contribution < -0.4 is 11.1 Å². The van der Waals surface area contributed by atoms with Crippen molar-refractivity contribution in [2.24, 2.45) is 5.73 Å². The van der Waals surface area contributed by atoms with Crippen LogP contribution in [0.2, 0.25) is 0 Å². The van der Waals surface area contributed by atoms with Crippen LogP contribution in [0.25, 0.3) is 0 Å². The molecule has 5 heteroatoms. The fourth-order valence-electron chi connectivity index (χ4n) is 1.61. The number of benzene rings is 1. The van der Waals surface area contributed by atoms with E-state index in [2.05, 4.69) is 24.1 Å². The standard InChI is InChI=1S/C16H21FN2O2/c1-2-3-10-21-11-9-19-16(20)14-12-13(5-4-8-18)6-7-15(14)17/h6-7,12H,2-3,8-11,18H2,1H3,(H,19,20). The molecule has 0 atom stereocenters. The zero-order valence-electron chi connectivity index (χ0n) is 12.2. The van der Waals surface area contributed by atoms with Crippen LogP contribution in [0.5, 0.6) is 0 Å². The molecule has 0 spiro atoms. The van der Waals surface area contributed by atoms with E-state index in [1.165, 1.54) is 18.2 Å². The minimum Gasteiger partial charge on any atom is -0.380 e. The Morgan fingerprint density at radius 3 is 2.95 bits per heavy atom. The van der Waals surface area contributed by atoms with Crippen LogP contribution >= 0.6 is 0 Å². The molecule has 1 aromatic rings. The van der Waals surface area contributed by atoms with Gasteiger partial charge in [0.2, 0.25) is 0 Å². The van der Waals surface area contributed by atoms with Crippen LogP contribution in [0.3, 0.4) is 0 Å². The van der Waals surface area contributed by atoms with E-state index in [0.717, 1.165) is 12.8 Å². The number of amides is 1. The molecule has 0 unspecified atom stereocenters. The maximum absolute atomic E-state index is 13.7. The number of carbonyl (C=O) groups is 1. The predicted molar refractivity (Wildman–Crippen MR) is 80.4 cm³/mol. The SMILES string of the molecule is CCCCOCCNC(=O)c1cc(C#CCN)ccc1F. The highest BCUT2D eigenvalue weighted by Crippen LogP contribution is 2.10. The van der Waals surface area contributed by atoms with Gasteiger partial charge in [0.05, 0.1) is 18.7 Å². The molecule has 1 aromatic carbocycles. The Morgan fingerprint density at radius 1 is 1.43 bits per heavy atom. The second kappa shape index (κ2) is 9.92. The normalized spacial score (nSPS) is 9.86. The van der Waals surface area contributed by atoms with Crippen molar-refractivity contribution in [3.63, 3.8) is 0 Å². The third-order valence-corrected chi connectivity index (χ3v) is 2.72. The van der Waals surface area contributed by atoms with Gasteiger partial charge in [-0.15, -0.1) is 0 Å². The average molecular weight is 292 g/mol. The van der Waals surface area contributed by atoms with Gasteiger partial charge in [0.25, 0.3) is 5.91 Å². The molecule has 0 saturated carbocycles. The fraction of sp³-hybridized carbons (Fsp3) is 0.438. The Hall–Kier alpha value is -1.90. The number of halogens is 1. The first-order valence-corrected chi connectivity index (χ1v) is 7.03. The van der Waals surface area contributed by atoms with Crippen molar-refractivity contribution in [3.05, 3.63) is 35.1 Å². The molecule has 0 fully saturated rings. The molecular weight excluding hydrogens is 271 g/mol. The van der Waals surface area contributed by atoms with E-state index in [0.29, 0.717) is 25.3 Å². The zero-order chi connectivity index (χ0) is 15.5. The van der Waals surface area contributed by atoms with Crippen LogP contribution in [-0.2, 0) is 4.74 Å². The summed E-state index contributed by atoms with van der Waals surface area (Å²) in [6.45, 7) is 3.73. The predicted octanol–water partition coefficient (Wildman–Crippen LogP) is 1.68. The molecule has 0 heterocycles. The molecule has 0 radical (unpaired) electrons. The van der Waals surface area contributed by atoms with E-state index in [4.69, 9.17) is 10.5 Å². The Balaban J connectivity index is 2.53. The fourth-order valence-corrected chi connectivity index (χ4v) is 1.61. The van der Waals surface area contributed by atoms with E-state index < -0.39 is 11.7 Å². The summed E-state index contributed by atoms with van der Waals surface area (Å²) >= 11 is 0. The van der Waals surface area contributed by atoms with Gasteiger partial charge in [-0.05, 0) is 24.6 Å². The van der Waals surface area contributed by atoms with Gasteiger partial charge in [-0.3, -0.25) is 4.79 Å². The summed E-state index contributed by atoms with van der Waals surface area (Å²) in [5.74, 6) is 4.40. The lowest BCUT2D eigenvalue weighted by atomic mass is 10.1. The lowest BCUT2D eigenvalue weighted by molar-refractivity contribution is 0.0909.